The summed E-state index contributed by atoms with van der Waals surface area (Å²) in [4.78, 5) is 0.872. The van der Waals surface area contributed by atoms with Gasteiger partial charge in [-0.2, -0.15) is 4.31 Å². The Labute approximate surface area is 137 Å². The highest BCUT2D eigenvalue weighted by atomic mass is 32.2. The first-order valence-electron chi connectivity index (χ1n) is 7.15. The van der Waals surface area contributed by atoms with Crippen LogP contribution in [0.5, 0.6) is 0 Å². The van der Waals surface area contributed by atoms with Crippen LogP contribution in [-0.2, 0) is 10.0 Å². The van der Waals surface area contributed by atoms with Crippen LogP contribution in [0.15, 0.2) is 16.3 Å². The monoisotopic (exact) mass is 348 g/mol. The summed E-state index contributed by atoms with van der Waals surface area (Å²) in [7, 11) is -3.50. The van der Waals surface area contributed by atoms with Crippen molar-refractivity contribution in [2.24, 2.45) is 11.7 Å². The van der Waals surface area contributed by atoms with Gasteiger partial charge in [0, 0.05) is 12.6 Å². The zero-order chi connectivity index (χ0) is 16.2. The summed E-state index contributed by atoms with van der Waals surface area (Å²) in [6.45, 7) is 8.62. The predicted molar refractivity (Wildman–Crippen MR) is 93.3 cm³/mol. The van der Waals surface area contributed by atoms with Crippen LogP contribution < -0.4 is 5.73 Å². The van der Waals surface area contributed by atoms with E-state index in [1.807, 2.05) is 27.7 Å². The van der Waals surface area contributed by atoms with E-state index in [9.17, 15) is 8.42 Å². The van der Waals surface area contributed by atoms with Crippen LogP contribution >= 0.6 is 23.6 Å². The molecular weight excluding hydrogens is 324 g/mol. The first-order chi connectivity index (χ1) is 9.73. The zero-order valence-corrected chi connectivity index (χ0v) is 15.4. The number of hydrogen-bond acceptors (Lipinski definition) is 4. The highest BCUT2D eigenvalue weighted by molar-refractivity contribution is 7.91. The van der Waals surface area contributed by atoms with Crippen LogP contribution in [0, 0.1) is 5.92 Å². The van der Waals surface area contributed by atoms with Crippen molar-refractivity contribution in [1.82, 2.24) is 4.31 Å². The van der Waals surface area contributed by atoms with Crippen LogP contribution in [0.2, 0.25) is 0 Å². The summed E-state index contributed by atoms with van der Waals surface area (Å²) >= 11 is 6.06. The average Bonchev–Trinajstić information content (AvgIpc) is 2.89. The van der Waals surface area contributed by atoms with Gasteiger partial charge in [-0.05, 0) is 30.9 Å². The van der Waals surface area contributed by atoms with Crippen molar-refractivity contribution >= 4 is 38.6 Å². The van der Waals surface area contributed by atoms with Gasteiger partial charge in [-0.3, -0.25) is 0 Å². The molecule has 1 aromatic rings. The average molecular weight is 349 g/mol. The Morgan fingerprint density at radius 1 is 1.33 bits per heavy atom. The molecule has 1 heterocycles. The minimum absolute atomic E-state index is 0.0211. The van der Waals surface area contributed by atoms with Crippen molar-refractivity contribution in [2.75, 3.05) is 6.54 Å². The van der Waals surface area contributed by atoms with Gasteiger partial charge in [0.25, 0.3) is 10.0 Å². The largest absolute Gasteiger partial charge is 0.389 e. The van der Waals surface area contributed by atoms with Crippen LogP contribution in [0.25, 0.3) is 0 Å². The molecule has 120 valence electrons. The normalized spacial score (nSPS) is 12.5. The Hall–Kier alpha value is -0.500. The molecule has 0 fully saturated rings. The third-order valence-electron chi connectivity index (χ3n) is 3.28. The molecule has 7 heteroatoms. The second-order valence-corrected chi connectivity index (χ2v) is 9.06. The lowest BCUT2D eigenvalue weighted by Gasteiger charge is -2.30. The number of thiocarbonyl (C=S) groups is 1. The van der Waals surface area contributed by atoms with E-state index >= 15 is 0 Å². The summed E-state index contributed by atoms with van der Waals surface area (Å²) in [6, 6.07) is 3.30. The van der Waals surface area contributed by atoms with E-state index in [2.05, 4.69) is 0 Å². The maximum absolute atomic E-state index is 12.9. The highest BCUT2D eigenvalue weighted by Gasteiger charge is 2.31. The molecule has 4 nitrogen and oxygen atoms in total. The Bertz CT molecular complexity index is 575. The zero-order valence-electron chi connectivity index (χ0n) is 13.0. The molecular formula is C14H24N2O2S3. The standard InChI is InChI=1S/C14H24N2O2S3/c1-5-11(6-2)16(9-10(3)4)21(17,18)13-8-7-12(20-13)14(15)19/h7-8,10-11H,5-6,9H2,1-4H3,(H2,15,19). The lowest BCUT2D eigenvalue weighted by molar-refractivity contribution is 0.277. The maximum Gasteiger partial charge on any atom is 0.252 e. The van der Waals surface area contributed by atoms with Crippen LogP contribution in [0.1, 0.15) is 45.4 Å². The number of thiophene rings is 1. The van der Waals surface area contributed by atoms with Crippen molar-refractivity contribution in [2.45, 2.75) is 50.8 Å². The van der Waals surface area contributed by atoms with Gasteiger partial charge in [-0.15, -0.1) is 11.3 Å². The molecule has 0 saturated carbocycles. The quantitative estimate of drug-likeness (QED) is 0.733. The molecule has 0 aliphatic rings. The molecule has 0 amide bonds. The van der Waals surface area contributed by atoms with E-state index in [0.717, 1.165) is 24.2 Å². The first-order valence-corrected chi connectivity index (χ1v) is 9.81. The van der Waals surface area contributed by atoms with Crippen molar-refractivity contribution in [1.29, 1.82) is 0 Å². The Kier molecular flexibility index (Phi) is 6.77. The SMILES string of the molecule is CCC(CC)N(CC(C)C)S(=O)(=O)c1ccc(C(N)=S)s1. The van der Waals surface area contributed by atoms with E-state index in [-0.39, 0.29) is 16.9 Å². The van der Waals surface area contributed by atoms with Crippen LogP contribution in [0.3, 0.4) is 0 Å². The van der Waals surface area contributed by atoms with Gasteiger partial charge >= 0.3 is 0 Å². The van der Waals surface area contributed by atoms with E-state index in [4.69, 9.17) is 18.0 Å². The smallest absolute Gasteiger partial charge is 0.252 e. The van der Waals surface area contributed by atoms with Crippen LogP contribution in [-0.4, -0.2) is 30.3 Å². The fourth-order valence-corrected chi connectivity index (χ4v) is 5.62. The van der Waals surface area contributed by atoms with Gasteiger partial charge in [-0.1, -0.05) is 39.9 Å². The molecule has 0 unspecified atom stereocenters. The summed E-state index contributed by atoms with van der Waals surface area (Å²) in [5.74, 6) is 0.274. The number of hydrogen-bond donors (Lipinski definition) is 1. The maximum atomic E-state index is 12.9. The fourth-order valence-electron chi connectivity index (χ4n) is 2.21. The Morgan fingerprint density at radius 2 is 1.90 bits per heavy atom. The molecule has 21 heavy (non-hydrogen) atoms. The van der Waals surface area contributed by atoms with E-state index < -0.39 is 10.0 Å². The van der Waals surface area contributed by atoms with E-state index in [0.29, 0.717) is 15.6 Å². The molecule has 0 saturated heterocycles. The van der Waals surface area contributed by atoms with Gasteiger partial charge in [-0.25, -0.2) is 8.42 Å². The Morgan fingerprint density at radius 3 is 2.29 bits per heavy atom. The molecule has 2 N–H and O–H groups in total. The lowest BCUT2D eigenvalue weighted by Crippen LogP contribution is -2.41. The number of nitrogens with two attached hydrogens (primary N) is 1. The Balaban J connectivity index is 3.21. The summed E-state index contributed by atoms with van der Waals surface area (Å²) < 4.78 is 27.8. The van der Waals surface area contributed by atoms with Crippen LogP contribution in [0.4, 0.5) is 0 Å². The van der Waals surface area contributed by atoms with Gasteiger partial charge in [0.1, 0.15) is 9.20 Å². The van der Waals surface area contributed by atoms with E-state index in [1.165, 1.54) is 0 Å². The van der Waals surface area contributed by atoms with Gasteiger partial charge in [0.05, 0.1) is 4.88 Å². The molecule has 0 aliphatic carbocycles. The molecule has 0 aromatic carbocycles. The minimum Gasteiger partial charge on any atom is -0.389 e. The molecule has 0 aliphatic heterocycles. The predicted octanol–water partition coefficient (Wildman–Crippen LogP) is 3.22. The molecule has 0 atom stereocenters. The number of nitrogens with zero attached hydrogens (tertiary/aromatic N) is 1. The topological polar surface area (TPSA) is 63.4 Å². The molecule has 1 rings (SSSR count). The van der Waals surface area contributed by atoms with Crippen molar-refractivity contribution in [3.05, 3.63) is 17.0 Å². The fraction of sp³-hybridized carbons (Fsp3) is 0.643. The lowest BCUT2D eigenvalue weighted by atomic mass is 10.1. The summed E-state index contributed by atoms with van der Waals surface area (Å²) in [5.41, 5.74) is 5.57. The first kappa shape index (κ1) is 18.5. The summed E-state index contributed by atoms with van der Waals surface area (Å²) in [6.07, 6.45) is 1.60. The number of sulfonamides is 1. The van der Waals surface area contributed by atoms with E-state index in [1.54, 1.807) is 16.4 Å². The molecule has 0 bridgehead atoms. The van der Waals surface area contributed by atoms with Crippen molar-refractivity contribution in [3.8, 4) is 0 Å². The molecule has 1 aromatic heterocycles. The second kappa shape index (κ2) is 7.67. The highest BCUT2D eigenvalue weighted by Crippen LogP contribution is 2.28. The third-order valence-corrected chi connectivity index (χ3v) is 7.14. The minimum atomic E-state index is -3.50. The van der Waals surface area contributed by atoms with Crippen molar-refractivity contribution < 1.29 is 8.42 Å². The van der Waals surface area contributed by atoms with Crippen molar-refractivity contribution in [3.63, 3.8) is 0 Å². The van der Waals surface area contributed by atoms with Gasteiger partial charge < -0.3 is 5.73 Å². The number of rotatable bonds is 8. The molecule has 0 radical (unpaired) electrons. The van der Waals surface area contributed by atoms with Gasteiger partial charge in [0.15, 0.2) is 0 Å². The second-order valence-electron chi connectivity index (χ2n) is 5.42. The third kappa shape index (κ3) is 4.48. The summed E-state index contributed by atoms with van der Waals surface area (Å²) in [5, 5.41) is 0. The van der Waals surface area contributed by atoms with Gasteiger partial charge in [0.2, 0.25) is 0 Å². The molecule has 0 spiro atoms.